The number of hydrogen-bond donors (Lipinski definition) is 2. The average molecular weight is 320 g/mol. The van der Waals surface area contributed by atoms with E-state index in [0.29, 0.717) is 11.6 Å². The number of fused-ring (bicyclic) bond motifs is 3. The number of nitrogens with zero attached hydrogens (tertiary/aromatic N) is 1. The van der Waals surface area contributed by atoms with Gasteiger partial charge in [-0.15, -0.1) is 0 Å². The monoisotopic (exact) mass is 320 g/mol. The molecule has 6 nitrogen and oxygen atoms in total. The Morgan fingerprint density at radius 3 is 2.22 bits per heavy atom. The largest absolute Gasteiger partial charge is 0.481 e. The minimum atomic E-state index is -0.852. The van der Waals surface area contributed by atoms with E-state index in [1.807, 2.05) is 20.8 Å². The fourth-order valence-electron chi connectivity index (χ4n) is 4.08. The van der Waals surface area contributed by atoms with Gasteiger partial charge < -0.3 is 14.9 Å². The second kappa shape index (κ2) is 5.65. The standard InChI is InChI=1S/C17H24N2O4/c1-17(2,3)11-8-12(19-23-11)18-15(20)13-9-4-6-10(7-5-9)14(13)16(21)22/h8-10,13-14H,4-7H2,1-3H3,(H,21,22)(H,18,19,20)/t9?,10?,13-,14+/m0/s1. The molecule has 0 saturated heterocycles. The molecule has 1 aromatic heterocycles. The first-order chi connectivity index (χ1) is 10.8. The number of aromatic nitrogens is 1. The molecule has 0 aromatic carbocycles. The maximum atomic E-state index is 12.7. The zero-order valence-corrected chi connectivity index (χ0v) is 13.8. The van der Waals surface area contributed by atoms with Crippen LogP contribution in [0.5, 0.6) is 0 Å². The number of rotatable bonds is 3. The van der Waals surface area contributed by atoms with Crippen molar-refractivity contribution >= 4 is 17.7 Å². The third kappa shape index (κ3) is 2.99. The van der Waals surface area contributed by atoms with Crippen LogP contribution in [-0.2, 0) is 15.0 Å². The van der Waals surface area contributed by atoms with E-state index >= 15 is 0 Å². The van der Waals surface area contributed by atoms with Gasteiger partial charge in [0.05, 0.1) is 11.8 Å². The zero-order valence-electron chi connectivity index (χ0n) is 13.8. The summed E-state index contributed by atoms with van der Waals surface area (Å²) >= 11 is 0. The van der Waals surface area contributed by atoms with Crippen molar-refractivity contribution in [3.05, 3.63) is 11.8 Å². The number of hydrogen-bond acceptors (Lipinski definition) is 4. The van der Waals surface area contributed by atoms with Gasteiger partial charge >= 0.3 is 5.97 Å². The number of carbonyl (C=O) groups is 2. The Kier molecular flexibility index (Phi) is 3.94. The number of nitrogens with one attached hydrogen (secondary N) is 1. The molecule has 0 aliphatic heterocycles. The number of carbonyl (C=O) groups excluding carboxylic acids is 1. The third-order valence-corrected chi connectivity index (χ3v) is 5.31. The highest BCUT2D eigenvalue weighted by Crippen LogP contribution is 2.49. The van der Waals surface area contributed by atoms with E-state index < -0.39 is 17.8 Å². The molecule has 6 heteroatoms. The van der Waals surface area contributed by atoms with E-state index in [9.17, 15) is 14.7 Å². The van der Waals surface area contributed by atoms with Gasteiger partial charge in [0.1, 0.15) is 5.76 Å². The molecule has 1 aromatic rings. The van der Waals surface area contributed by atoms with Gasteiger partial charge in [0.25, 0.3) is 0 Å². The van der Waals surface area contributed by atoms with Gasteiger partial charge in [-0.1, -0.05) is 25.9 Å². The molecule has 23 heavy (non-hydrogen) atoms. The van der Waals surface area contributed by atoms with Crippen LogP contribution in [0.25, 0.3) is 0 Å². The van der Waals surface area contributed by atoms with E-state index in [0.717, 1.165) is 25.7 Å². The Morgan fingerprint density at radius 1 is 1.17 bits per heavy atom. The minimum absolute atomic E-state index is 0.121. The summed E-state index contributed by atoms with van der Waals surface area (Å²) in [5.41, 5.74) is -0.191. The highest BCUT2D eigenvalue weighted by molar-refractivity contribution is 5.95. The first-order valence-corrected chi connectivity index (χ1v) is 8.28. The number of amides is 1. The van der Waals surface area contributed by atoms with Crippen molar-refractivity contribution in [2.45, 2.75) is 51.9 Å². The highest BCUT2D eigenvalue weighted by Gasteiger charge is 2.50. The molecule has 3 saturated carbocycles. The zero-order chi connectivity index (χ0) is 16.8. The van der Waals surface area contributed by atoms with Crippen LogP contribution < -0.4 is 5.32 Å². The van der Waals surface area contributed by atoms with Crippen molar-refractivity contribution < 1.29 is 19.2 Å². The molecular formula is C17H24N2O4. The summed E-state index contributed by atoms with van der Waals surface area (Å²) in [7, 11) is 0. The normalized spacial score (nSPS) is 30.2. The Hall–Kier alpha value is -1.85. The van der Waals surface area contributed by atoms with E-state index in [2.05, 4.69) is 10.5 Å². The quantitative estimate of drug-likeness (QED) is 0.893. The SMILES string of the molecule is CC(C)(C)c1cc(NC(=O)[C@H]2C3CCC(CC3)[C@H]2C(=O)O)no1. The molecule has 3 fully saturated rings. The predicted octanol–water partition coefficient (Wildman–Crippen LogP) is 3.05. The van der Waals surface area contributed by atoms with E-state index in [4.69, 9.17) is 4.52 Å². The Labute approximate surface area is 135 Å². The van der Waals surface area contributed by atoms with Crippen molar-refractivity contribution in [2.75, 3.05) is 5.32 Å². The van der Waals surface area contributed by atoms with E-state index in [1.54, 1.807) is 6.07 Å². The summed E-state index contributed by atoms with van der Waals surface area (Å²) < 4.78 is 5.27. The molecule has 126 valence electrons. The molecule has 4 rings (SSSR count). The molecule has 1 amide bonds. The topological polar surface area (TPSA) is 92.4 Å². The van der Waals surface area contributed by atoms with Crippen molar-refractivity contribution in [1.82, 2.24) is 5.16 Å². The van der Waals surface area contributed by atoms with E-state index in [-0.39, 0.29) is 23.2 Å². The van der Waals surface area contributed by atoms with Crippen molar-refractivity contribution in [3.8, 4) is 0 Å². The summed E-state index contributed by atoms with van der Waals surface area (Å²) in [6, 6.07) is 1.72. The third-order valence-electron chi connectivity index (χ3n) is 5.31. The van der Waals surface area contributed by atoms with Gasteiger partial charge in [-0.25, -0.2) is 0 Å². The van der Waals surface area contributed by atoms with Crippen molar-refractivity contribution in [3.63, 3.8) is 0 Å². The Morgan fingerprint density at radius 2 is 1.74 bits per heavy atom. The lowest BCUT2D eigenvalue weighted by atomic mass is 9.58. The van der Waals surface area contributed by atoms with Gasteiger partial charge in [-0.05, 0) is 37.5 Å². The number of carboxylic acid groups (broad SMARTS) is 1. The van der Waals surface area contributed by atoms with Crippen LogP contribution in [0.1, 0.15) is 52.2 Å². The highest BCUT2D eigenvalue weighted by atomic mass is 16.5. The fourth-order valence-corrected chi connectivity index (χ4v) is 4.08. The molecule has 2 atom stereocenters. The summed E-state index contributed by atoms with van der Waals surface area (Å²) in [5.74, 6) is -0.786. The van der Waals surface area contributed by atoms with Crippen LogP contribution in [-0.4, -0.2) is 22.1 Å². The van der Waals surface area contributed by atoms with Crippen LogP contribution in [0.4, 0.5) is 5.82 Å². The van der Waals surface area contributed by atoms with Crippen LogP contribution in [0.15, 0.2) is 10.6 Å². The smallest absolute Gasteiger partial charge is 0.307 e. The maximum Gasteiger partial charge on any atom is 0.307 e. The van der Waals surface area contributed by atoms with Gasteiger partial charge in [-0.2, -0.15) is 0 Å². The lowest BCUT2D eigenvalue weighted by molar-refractivity contribution is -0.156. The van der Waals surface area contributed by atoms with Gasteiger partial charge in [0.15, 0.2) is 5.82 Å². The van der Waals surface area contributed by atoms with E-state index in [1.165, 1.54) is 0 Å². The lowest BCUT2D eigenvalue weighted by Crippen LogP contribution is -2.49. The molecule has 3 aliphatic rings. The summed E-state index contributed by atoms with van der Waals surface area (Å²) in [6.07, 6.45) is 3.73. The number of anilines is 1. The second-order valence-corrected chi connectivity index (χ2v) is 7.88. The maximum absolute atomic E-state index is 12.7. The molecule has 3 aliphatic carbocycles. The Balaban J connectivity index is 1.77. The summed E-state index contributed by atoms with van der Waals surface area (Å²) in [5, 5.41) is 16.2. The van der Waals surface area contributed by atoms with Crippen LogP contribution >= 0.6 is 0 Å². The first kappa shape index (κ1) is 16.0. The van der Waals surface area contributed by atoms with Gasteiger partial charge in [0, 0.05) is 11.5 Å². The Bertz CT molecular complexity index is 608. The first-order valence-electron chi connectivity index (χ1n) is 8.28. The molecular weight excluding hydrogens is 296 g/mol. The second-order valence-electron chi connectivity index (χ2n) is 7.88. The molecule has 1 heterocycles. The van der Waals surface area contributed by atoms with Crippen LogP contribution in [0.2, 0.25) is 0 Å². The summed E-state index contributed by atoms with van der Waals surface area (Å²) in [6.45, 7) is 6.00. The van der Waals surface area contributed by atoms with Crippen molar-refractivity contribution in [1.29, 1.82) is 0 Å². The summed E-state index contributed by atoms with van der Waals surface area (Å²) in [4.78, 5) is 24.3. The van der Waals surface area contributed by atoms with Crippen molar-refractivity contribution in [2.24, 2.45) is 23.7 Å². The minimum Gasteiger partial charge on any atom is -0.481 e. The molecule has 2 N–H and O–H groups in total. The van der Waals surface area contributed by atoms with Gasteiger partial charge in [-0.3, -0.25) is 9.59 Å². The molecule has 0 spiro atoms. The number of carboxylic acids is 1. The lowest BCUT2D eigenvalue weighted by Gasteiger charge is -2.45. The molecule has 0 radical (unpaired) electrons. The molecule has 2 bridgehead atoms. The van der Waals surface area contributed by atoms with Crippen LogP contribution in [0.3, 0.4) is 0 Å². The van der Waals surface area contributed by atoms with Crippen LogP contribution in [0, 0.1) is 23.7 Å². The predicted molar refractivity (Wildman–Crippen MR) is 83.9 cm³/mol. The van der Waals surface area contributed by atoms with Gasteiger partial charge in [0.2, 0.25) is 5.91 Å². The average Bonchev–Trinajstić information content (AvgIpc) is 2.96. The molecule has 0 unspecified atom stereocenters. The number of aliphatic carboxylic acids is 1. The fraction of sp³-hybridized carbons (Fsp3) is 0.706.